The summed E-state index contributed by atoms with van der Waals surface area (Å²) >= 11 is 0. The Kier molecular flexibility index (Phi) is 5.87. The quantitative estimate of drug-likeness (QED) is 0.394. The van der Waals surface area contributed by atoms with E-state index in [4.69, 9.17) is 12.3 Å². The molecule has 1 aromatic heterocycles. The number of nitrogens with one attached hydrogen (secondary N) is 3. The van der Waals surface area contributed by atoms with E-state index in [1.807, 2.05) is 0 Å². The van der Waals surface area contributed by atoms with E-state index in [9.17, 15) is 14.0 Å². The number of carbonyl (C=O) groups excluding carboxylic acids is 2. The summed E-state index contributed by atoms with van der Waals surface area (Å²) in [7, 11) is 0. The second-order valence-electron chi connectivity index (χ2n) is 7.61. The lowest BCUT2D eigenvalue weighted by Crippen LogP contribution is -2.26. The van der Waals surface area contributed by atoms with Gasteiger partial charge in [0.05, 0.1) is 5.56 Å². The van der Waals surface area contributed by atoms with Gasteiger partial charge in [-0.2, -0.15) is 4.98 Å². The average Bonchev–Trinajstić information content (AvgIpc) is 3.59. The highest BCUT2D eigenvalue weighted by Gasteiger charge is 2.58. The molecule has 1 aliphatic rings. The lowest BCUT2D eigenvalue weighted by Gasteiger charge is -2.12. The van der Waals surface area contributed by atoms with Gasteiger partial charge in [0.2, 0.25) is 5.95 Å². The van der Waals surface area contributed by atoms with E-state index in [1.54, 1.807) is 36.4 Å². The number of benzene rings is 2. The van der Waals surface area contributed by atoms with Crippen LogP contribution >= 0.6 is 0 Å². The van der Waals surface area contributed by atoms with Crippen molar-refractivity contribution in [1.82, 2.24) is 9.97 Å². The predicted molar refractivity (Wildman–Crippen MR) is 121 cm³/mol. The van der Waals surface area contributed by atoms with Crippen molar-refractivity contribution in [1.29, 1.82) is 0 Å². The summed E-state index contributed by atoms with van der Waals surface area (Å²) in [5.41, 5.74) is 6.35. The molecule has 2 amide bonds. The molecule has 1 fully saturated rings. The van der Waals surface area contributed by atoms with Crippen molar-refractivity contribution < 1.29 is 14.0 Å². The lowest BCUT2D eigenvalue weighted by molar-refractivity contribution is -0.117. The zero-order valence-electron chi connectivity index (χ0n) is 17.4. The maximum absolute atomic E-state index is 13.4. The number of carbonyl (C=O) groups is 2. The summed E-state index contributed by atoms with van der Waals surface area (Å²) in [5, 5.41) is 8.76. The zero-order valence-corrected chi connectivity index (χ0v) is 17.4. The Hall–Kier alpha value is -4.52. The van der Waals surface area contributed by atoms with Gasteiger partial charge in [-0.15, -0.1) is 0 Å². The van der Waals surface area contributed by atoms with Crippen LogP contribution in [0, 0.1) is 12.4 Å². The third kappa shape index (κ3) is 5.04. The van der Waals surface area contributed by atoms with Crippen LogP contribution in [0.5, 0.6) is 0 Å². The molecule has 2 aromatic carbocycles. The van der Waals surface area contributed by atoms with Crippen molar-refractivity contribution >= 4 is 35.0 Å². The fourth-order valence-electron chi connectivity index (χ4n) is 3.15. The van der Waals surface area contributed by atoms with E-state index in [2.05, 4.69) is 30.8 Å². The number of nitrogens with two attached hydrogens (primary N) is 1. The van der Waals surface area contributed by atoms with Gasteiger partial charge in [-0.05, 0) is 35.9 Å². The van der Waals surface area contributed by atoms with Crippen LogP contribution in [0.3, 0.4) is 0 Å². The number of primary amides is 1. The first-order chi connectivity index (χ1) is 15.9. The number of rotatable bonds is 8. The Balaban J connectivity index is 1.50. The molecule has 1 saturated carbocycles. The number of halogens is 1. The second-order valence-corrected chi connectivity index (χ2v) is 7.61. The summed E-state index contributed by atoms with van der Waals surface area (Å²) in [6, 6.07) is 12.9. The van der Waals surface area contributed by atoms with Gasteiger partial charge in [-0.1, -0.05) is 18.2 Å². The monoisotopic (exact) mass is 445 g/mol. The van der Waals surface area contributed by atoms with Crippen LogP contribution in [-0.4, -0.2) is 27.3 Å². The van der Waals surface area contributed by atoms with Gasteiger partial charge in [0.25, 0.3) is 5.91 Å². The Bertz CT molecular complexity index is 1270. The molecule has 9 nitrogen and oxygen atoms in total. The maximum atomic E-state index is 13.4. The molecular weight excluding hydrogens is 425 g/mol. The van der Waals surface area contributed by atoms with Crippen molar-refractivity contribution in [3.63, 3.8) is 0 Å². The molecule has 1 aliphatic carbocycles. The second kappa shape index (κ2) is 8.92. The van der Waals surface area contributed by atoms with E-state index in [0.717, 1.165) is 0 Å². The minimum atomic E-state index is -0.945. The molecule has 0 saturated heterocycles. The molecule has 33 heavy (non-hydrogen) atoms. The van der Waals surface area contributed by atoms with Crippen molar-refractivity contribution in [2.24, 2.45) is 5.73 Å². The van der Waals surface area contributed by atoms with Crippen molar-refractivity contribution in [2.75, 3.05) is 16.0 Å². The lowest BCUT2D eigenvalue weighted by atomic mass is 10.2. The maximum Gasteiger partial charge on any atom is 0.310 e. The van der Waals surface area contributed by atoms with Gasteiger partial charge in [0.15, 0.2) is 0 Å². The molecule has 0 unspecified atom stereocenters. The molecule has 0 bridgehead atoms. The highest BCUT2D eigenvalue weighted by molar-refractivity contribution is 6.02. The molecule has 0 atom stereocenters. The first-order valence-corrected chi connectivity index (χ1v) is 10.1. The van der Waals surface area contributed by atoms with E-state index < -0.39 is 11.4 Å². The van der Waals surface area contributed by atoms with E-state index in [1.165, 1.54) is 18.3 Å². The Labute approximate surface area is 189 Å². The number of amides is 2. The predicted octanol–water partition coefficient (Wildman–Crippen LogP) is 3.46. The van der Waals surface area contributed by atoms with Crippen molar-refractivity contribution in [3.8, 4) is 0 Å². The minimum Gasteiger partial charge on any atom is -0.365 e. The SMILES string of the molecule is [C-]#[N+]C1(C(=O)Nc2cccc(Nc3ncc(C(N)=O)c(NCc4cccc(F)c4)n3)c2)CC1. The average molecular weight is 445 g/mol. The van der Waals surface area contributed by atoms with Crippen LogP contribution in [-0.2, 0) is 11.3 Å². The van der Waals surface area contributed by atoms with Crippen LogP contribution in [0.25, 0.3) is 4.85 Å². The highest BCUT2D eigenvalue weighted by Crippen LogP contribution is 2.40. The summed E-state index contributed by atoms with van der Waals surface area (Å²) in [6.45, 7) is 7.42. The van der Waals surface area contributed by atoms with Gasteiger partial charge in [0, 0.05) is 37.0 Å². The molecule has 0 aliphatic heterocycles. The molecule has 0 spiro atoms. The largest absolute Gasteiger partial charge is 0.365 e. The third-order valence-corrected chi connectivity index (χ3v) is 5.14. The molecule has 0 radical (unpaired) electrons. The van der Waals surface area contributed by atoms with E-state index in [-0.39, 0.29) is 35.6 Å². The normalized spacial score (nSPS) is 13.5. The fourth-order valence-corrected chi connectivity index (χ4v) is 3.15. The molecule has 3 aromatic rings. The fraction of sp³-hybridized carbons (Fsp3) is 0.174. The third-order valence-electron chi connectivity index (χ3n) is 5.14. The summed E-state index contributed by atoms with van der Waals surface area (Å²) < 4.78 is 13.4. The van der Waals surface area contributed by atoms with Crippen LogP contribution in [0.2, 0.25) is 0 Å². The number of nitrogens with zero attached hydrogens (tertiary/aromatic N) is 3. The molecule has 166 valence electrons. The number of hydrogen-bond donors (Lipinski definition) is 4. The topological polar surface area (TPSA) is 126 Å². The standard InChI is InChI=1S/C23H20FN7O2/c1-26-23(8-9-23)21(33)29-16-6-3-7-17(11-16)30-22-28-13-18(19(25)32)20(31-22)27-12-14-4-2-5-15(24)10-14/h2-7,10-11,13H,8-9,12H2,(H2,25,32)(H,29,33)(H2,27,28,30,31). The number of anilines is 4. The van der Waals surface area contributed by atoms with Crippen LogP contribution in [0.4, 0.5) is 27.5 Å². The highest BCUT2D eigenvalue weighted by atomic mass is 19.1. The Morgan fingerprint density at radius 1 is 1.15 bits per heavy atom. The van der Waals surface area contributed by atoms with Gasteiger partial charge in [0.1, 0.15) is 11.6 Å². The number of hydrogen-bond acceptors (Lipinski definition) is 6. The summed E-state index contributed by atoms with van der Waals surface area (Å²) in [5.74, 6) is -1.01. The van der Waals surface area contributed by atoms with Gasteiger partial charge >= 0.3 is 11.4 Å². The Morgan fingerprint density at radius 2 is 1.91 bits per heavy atom. The molecule has 5 N–H and O–H groups in total. The van der Waals surface area contributed by atoms with Gasteiger partial charge in [-0.25, -0.2) is 15.9 Å². The van der Waals surface area contributed by atoms with Crippen LogP contribution < -0.4 is 21.7 Å². The van der Waals surface area contributed by atoms with E-state index in [0.29, 0.717) is 29.8 Å². The smallest absolute Gasteiger partial charge is 0.310 e. The summed E-state index contributed by atoms with van der Waals surface area (Å²) in [6.07, 6.45) is 2.42. The molecule has 4 rings (SSSR count). The van der Waals surface area contributed by atoms with E-state index >= 15 is 0 Å². The first-order valence-electron chi connectivity index (χ1n) is 10.1. The zero-order chi connectivity index (χ0) is 23.4. The van der Waals surface area contributed by atoms with Gasteiger partial charge < -0.3 is 21.7 Å². The molecule has 1 heterocycles. The first kappa shape index (κ1) is 21.7. The van der Waals surface area contributed by atoms with Gasteiger partial charge in [-0.3, -0.25) is 14.4 Å². The minimum absolute atomic E-state index is 0.0897. The van der Waals surface area contributed by atoms with Crippen molar-refractivity contribution in [2.45, 2.75) is 24.9 Å². The Morgan fingerprint density at radius 3 is 2.61 bits per heavy atom. The van der Waals surface area contributed by atoms with Crippen LogP contribution in [0.15, 0.2) is 54.7 Å². The number of aromatic nitrogens is 2. The van der Waals surface area contributed by atoms with Crippen molar-refractivity contribution in [3.05, 3.63) is 83.1 Å². The molecular formula is C23H20FN7O2. The molecule has 10 heteroatoms. The summed E-state index contributed by atoms with van der Waals surface area (Å²) in [4.78, 5) is 36.0. The van der Waals surface area contributed by atoms with Crippen LogP contribution in [0.1, 0.15) is 28.8 Å².